The first kappa shape index (κ1) is 15.9. The Hall–Kier alpha value is -1.50. The van der Waals surface area contributed by atoms with E-state index in [-0.39, 0.29) is 21.2 Å². The number of rotatable bonds is 3. The molecule has 0 heterocycles. The SMILES string of the molecule is N#Cc1cc(N)ccc1S(=O)(=O)Nc1ccc(I)cc1Cl. The molecule has 5 nitrogen and oxygen atoms in total. The molecule has 2 rings (SSSR count). The molecule has 0 aliphatic rings. The third-order valence-electron chi connectivity index (χ3n) is 2.59. The largest absolute Gasteiger partial charge is 0.399 e. The topological polar surface area (TPSA) is 96.0 Å². The lowest BCUT2D eigenvalue weighted by Gasteiger charge is -2.11. The molecule has 21 heavy (non-hydrogen) atoms. The predicted molar refractivity (Wildman–Crippen MR) is 90.5 cm³/mol. The molecular formula is C13H9ClIN3O2S. The summed E-state index contributed by atoms with van der Waals surface area (Å²) in [6, 6.07) is 10.8. The van der Waals surface area contributed by atoms with E-state index in [4.69, 9.17) is 22.6 Å². The Morgan fingerprint density at radius 3 is 2.57 bits per heavy atom. The maximum atomic E-state index is 12.4. The second kappa shape index (κ2) is 6.09. The van der Waals surface area contributed by atoms with Gasteiger partial charge in [0.25, 0.3) is 10.0 Å². The number of nitriles is 1. The standard InChI is InChI=1S/C13H9ClIN3O2S/c14-11-6-9(15)1-3-12(11)18-21(19,20)13-4-2-10(17)5-8(13)7-16/h1-6,18H,17H2. The molecule has 0 atom stereocenters. The van der Waals surface area contributed by atoms with Crippen LogP contribution < -0.4 is 10.5 Å². The van der Waals surface area contributed by atoms with Crippen LogP contribution in [0.1, 0.15) is 5.56 Å². The van der Waals surface area contributed by atoms with Gasteiger partial charge in [-0.25, -0.2) is 8.42 Å². The minimum absolute atomic E-state index is 0.0239. The molecule has 0 aromatic heterocycles. The molecule has 108 valence electrons. The lowest BCUT2D eigenvalue weighted by molar-refractivity contribution is 0.601. The Labute approximate surface area is 140 Å². The highest BCUT2D eigenvalue weighted by Gasteiger charge is 2.20. The Bertz CT molecular complexity index is 847. The molecule has 0 amide bonds. The summed E-state index contributed by atoms with van der Waals surface area (Å²) in [7, 11) is -3.92. The van der Waals surface area contributed by atoms with Crippen LogP contribution in [0.5, 0.6) is 0 Å². The van der Waals surface area contributed by atoms with Gasteiger partial charge in [-0.1, -0.05) is 11.6 Å². The molecule has 0 unspecified atom stereocenters. The highest BCUT2D eigenvalue weighted by Crippen LogP contribution is 2.27. The van der Waals surface area contributed by atoms with Crippen LogP contribution in [-0.4, -0.2) is 8.42 Å². The summed E-state index contributed by atoms with van der Waals surface area (Å²) in [5, 5.41) is 9.32. The molecule has 0 aliphatic heterocycles. The van der Waals surface area contributed by atoms with Crippen molar-refractivity contribution in [3.8, 4) is 6.07 Å². The van der Waals surface area contributed by atoms with Crippen LogP contribution in [0.2, 0.25) is 5.02 Å². The third-order valence-corrected chi connectivity index (χ3v) is 5.00. The number of nitrogens with two attached hydrogens (primary N) is 1. The summed E-state index contributed by atoms with van der Waals surface area (Å²) in [5.74, 6) is 0. The van der Waals surface area contributed by atoms with Gasteiger partial charge in [0.2, 0.25) is 0 Å². The van der Waals surface area contributed by atoms with Crippen LogP contribution in [0.3, 0.4) is 0 Å². The van der Waals surface area contributed by atoms with E-state index in [2.05, 4.69) is 27.3 Å². The van der Waals surface area contributed by atoms with E-state index in [1.807, 2.05) is 6.07 Å². The highest BCUT2D eigenvalue weighted by molar-refractivity contribution is 14.1. The molecule has 2 aromatic carbocycles. The van der Waals surface area contributed by atoms with Crippen molar-refractivity contribution >= 4 is 55.6 Å². The number of halogens is 2. The first-order valence-corrected chi connectivity index (χ1v) is 8.55. The van der Waals surface area contributed by atoms with Crippen LogP contribution in [0.15, 0.2) is 41.3 Å². The van der Waals surface area contributed by atoms with Crippen LogP contribution in [-0.2, 0) is 10.0 Å². The van der Waals surface area contributed by atoms with Crippen molar-refractivity contribution in [3.63, 3.8) is 0 Å². The number of hydrogen-bond acceptors (Lipinski definition) is 4. The average molecular weight is 434 g/mol. The Morgan fingerprint density at radius 2 is 1.95 bits per heavy atom. The summed E-state index contributed by atoms with van der Waals surface area (Å²) in [5.41, 5.74) is 6.09. The van der Waals surface area contributed by atoms with Crippen molar-refractivity contribution in [3.05, 3.63) is 50.6 Å². The summed E-state index contributed by atoms with van der Waals surface area (Å²) < 4.78 is 28.0. The summed E-state index contributed by atoms with van der Waals surface area (Å²) in [4.78, 5) is -0.145. The van der Waals surface area contributed by atoms with E-state index in [0.29, 0.717) is 5.69 Å². The van der Waals surface area contributed by atoms with E-state index in [1.165, 1.54) is 18.2 Å². The van der Waals surface area contributed by atoms with Crippen molar-refractivity contribution in [2.75, 3.05) is 10.5 Å². The molecule has 0 saturated heterocycles. The minimum atomic E-state index is -3.92. The second-order valence-corrected chi connectivity index (χ2v) is 7.40. The zero-order chi connectivity index (χ0) is 15.6. The molecule has 8 heteroatoms. The number of benzene rings is 2. The number of sulfonamides is 1. The second-order valence-electron chi connectivity index (χ2n) is 4.10. The molecule has 0 fully saturated rings. The quantitative estimate of drug-likeness (QED) is 0.574. The zero-order valence-electron chi connectivity index (χ0n) is 10.5. The van der Waals surface area contributed by atoms with Gasteiger partial charge in [-0.05, 0) is 59.0 Å². The van der Waals surface area contributed by atoms with Crippen LogP contribution in [0.25, 0.3) is 0 Å². The van der Waals surface area contributed by atoms with E-state index in [9.17, 15) is 8.42 Å². The molecule has 0 radical (unpaired) electrons. The molecule has 3 N–H and O–H groups in total. The summed E-state index contributed by atoms with van der Waals surface area (Å²) >= 11 is 8.07. The van der Waals surface area contributed by atoms with Crippen LogP contribution >= 0.6 is 34.2 Å². The highest BCUT2D eigenvalue weighted by atomic mass is 127. The van der Waals surface area contributed by atoms with Gasteiger partial charge in [-0.15, -0.1) is 0 Å². The first-order chi connectivity index (χ1) is 9.83. The smallest absolute Gasteiger partial charge is 0.263 e. The number of nitrogen functional groups attached to an aromatic ring is 1. The van der Waals surface area contributed by atoms with E-state index in [1.54, 1.807) is 18.2 Å². The Kier molecular flexibility index (Phi) is 4.61. The number of nitrogens with zero attached hydrogens (tertiary/aromatic N) is 1. The normalized spacial score (nSPS) is 10.9. The third kappa shape index (κ3) is 3.58. The van der Waals surface area contributed by atoms with E-state index < -0.39 is 10.0 Å². The lowest BCUT2D eigenvalue weighted by atomic mass is 10.2. The molecular weight excluding hydrogens is 425 g/mol. The minimum Gasteiger partial charge on any atom is -0.399 e. The Morgan fingerprint density at radius 1 is 1.24 bits per heavy atom. The molecule has 0 bridgehead atoms. The first-order valence-electron chi connectivity index (χ1n) is 5.61. The van der Waals surface area contributed by atoms with Crippen molar-refractivity contribution in [1.29, 1.82) is 5.26 Å². The average Bonchev–Trinajstić information content (AvgIpc) is 2.41. The van der Waals surface area contributed by atoms with Crippen molar-refractivity contribution in [1.82, 2.24) is 0 Å². The van der Waals surface area contributed by atoms with E-state index >= 15 is 0 Å². The molecule has 0 saturated carbocycles. The lowest BCUT2D eigenvalue weighted by Crippen LogP contribution is -2.15. The van der Waals surface area contributed by atoms with Crippen molar-refractivity contribution in [2.24, 2.45) is 0 Å². The monoisotopic (exact) mass is 433 g/mol. The summed E-state index contributed by atoms with van der Waals surface area (Å²) in [6.07, 6.45) is 0. The van der Waals surface area contributed by atoms with Gasteiger partial charge in [0.05, 0.1) is 16.3 Å². The van der Waals surface area contributed by atoms with Gasteiger partial charge < -0.3 is 5.73 Å². The van der Waals surface area contributed by atoms with E-state index in [0.717, 1.165) is 3.57 Å². The zero-order valence-corrected chi connectivity index (χ0v) is 14.2. The molecule has 0 spiro atoms. The fourth-order valence-corrected chi connectivity index (χ4v) is 3.82. The van der Waals surface area contributed by atoms with Gasteiger partial charge >= 0.3 is 0 Å². The Balaban J connectivity index is 2.46. The van der Waals surface area contributed by atoms with Crippen LogP contribution in [0.4, 0.5) is 11.4 Å². The van der Waals surface area contributed by atoms with Gasteiger partial charge in [0.15, 0.2) is 0 Å². The molecule has 2 aromatic rings. The van der Waals surface area contributed by atoms with Crippen molar-refractivity contribution < 1.29 is 8.42 Å². The van der Waals surface area contributed by atoms with Gasteiger partial charge in [0.1, 0.15) is 11.0 Å². The fraction of sp³-hybridized carbons (Fsp3) is 0. The van der Waals surface area contributed by atoms with Gasteiger partial charge in [0, 0.05) is 9.26 Å². The van der Waals surface area contributed by atoms with Gasteiger partial charge in [-0.3, -0.25) is 4.72 Å². The maximum Gasteiger partial charge on any atom is 0.263 e. The summed E-state index contributed by atoms with van der Waals surface area (Å²) in [6.45, 7) is 0. The number of anilines is 2. The predicted octanol–water partition coefficient (Wildman–Crippen LogP) is 3.20. The number of hydrogen-bond donors (Lipinski definition) is 2. The fourth-order valence-electron chi connectivity index (χ4n) is 1.64. The van der Waals surface area contributed by atoms with Crippen LogP contribution in [0, 0.1) is 14.9 Å². The van der Waals surface area contributed by atoms with Gasteiger partial charge in [-0.2, -0.15) is 5.26 Å². The number of nitrogens with one attached hydrogen (secondary N) is 1. The molecule has 0 aliphatic carbocycles. The maximum absolute atomic E-state index is 12.4. The van der Waals surface area contributed by atoms with Crippen molar-refractivity contribution in [2.45, 2.75) is 4.90 Å².